The quantitative estimate of drug-likeness (QED) is 0.632. The summed E-state index contributed by atoms with van der Waals surface area (Å²) >= 11 is 0. The molecule has 0 bridgehead atoms. The zero-order chi connectivity index (χ0) is 19.1. The van der Waals surface area contributed by atoms with Crippen LogP contribution in [0.1, 0.15) is 30.4 Å². The Kier molecular flexibility index (Phi) is 6.44. The van der Waals surface area contributed by atoms with Crippen molar-refractivity contribution in [2.75, 3.05) is 17.2 Å². The van der Waals surface area contributed by atoms with Gasteiger partial charge < -0.3 is 21.3 Å². The monoisotopic (exact) mass is 366 g/mol. The molecule has 0 saturated carbocycles. The average molecular weight is 366 g/mol. The topological polar surface area (TPSA) is 82.3 Å². The molecule has 6 heteroatoms. The van der Waals surface area contributed by atoms with Crippen LogP contribution in [0.4, 0.5) is 16.2 Å². The van der Waals surface area contributed by atoms with Gasteiger partial charge in [0.15, 0.2) is 0 Å². The minimum absolute atomic E-state index is 0.0463. The van der Waals surface area contributed by atoms with Crippen LogP contribution in [0, 0.1) is 6.92 Å². The van der Waals surface area contributed by atoms with Crippen molar-refractivity contribution in [3.8, 4) is 0 Å². The average Bonchev–Trinajstić information content (AvgIpc) is 3.13. The lowest BCUT2D eigenvalue weighted by Crippen LogP contribution is -2.31. The van der Waals surface area contributed by atoms with Crippen molar-refractivity contribution in [3.63, 3.8) is 0 Å². The SMILES string of the molecule is Cc1cccc(NC(=O)Nc2cccc(CNC(=O)CC3CCCN3)c2)c1. The number of carbonyl (C=O) groups is 2. The fourth-order valence-corrected chi connectivity index (χ4v) is 3.20. The van der Waals surface area contributed by atoms with Crippen LogP contribution in [0.15, 0.2) is 48.5 Å². The molecule has 1 aliphatic heterocycles. The number of nitrogens with one attached hydrogen (secondary N) is 4. The summed E-state index contributed by atoms with van der Waals surface area (Å²) in [7, 11) is 0. The second-order valence-electron chi connectivity index (χ2n) is 6.92. The summed E-state index contributed by atoms with van der Waals surface area (Å²) in [5.74, 6) is 0.0463. The van der Waals surface area contributed by atoms with Gasteiger partial charge in [-0.15, -0.1) is 0 Å². The van der Waals surface area contributed by atoms with Crippen LogP contribution >= 0.6 is 0 Å². The van der Waals surface area contributed by atoms with Crippen LogP contribution < -0.4 is 21.3 Å². The maximum absolute atomic E-state index is 12.2. The van der Waals surface area contributed by atoms with E-state index in [1.807, 2.05) is 55.5 Å². The van der Waals surface area contributed by atoms with E-state index in [4.69, 9.17) is 0 Å². The van der Waals surface area contributed by atoms with Crippen LogP contribution in [0.25, 0.3) is 0 Å². The first-order chi connectivity index (χ1) is 13.1. The molecule has 0 aliphatic carbocycles. The van der Waals surface area contributed by atoms with Crippen molar-refractivity contribution in [1.29, 1.82) is 0 Å². The first-order valence-corrected chi connectivity index (χ1v) is 9.32. The van der Waals surface area contributed by atoms with E-state index in [9.17, 15) is 9.59 Å². The molecule has 0 aromatic heterocycles. The Labute approximate surface area is 159 Å². The van der Waals surface area contributed by atoms with Gasteiger partial charge in [-0.2, -0.15) is 0 Å². The van der Waals surface area contributed by atoms with Crippen molar-refractivity contribution in [2.24, 2.45) is 0 Å². The van der Waals surface area contributed by atoms with Gasteiger partial charge in [0.1, 0.15) is 0 Å². The summed E-state index contributed by atoms with van der Waals surface area (Å²) in [6.45, 7) is 3.42. The smallest absolute Gasteiger partial charge is 0.323 e. The number of hydrogen-bond donors (Lipinski definition) is 4. The summed E-state index contributed by atoms with van der Waals surface area (Å²) in [6.07, 6.45) is 2.70. The normalized spacial score (nSPS) is 16.0. The summed E-state index contributed by atoms with van der Waals surface area (Å²) in [5, 5.41) is 11.9. The molecule has 27 heavy (non-hydrogen) atoms. The first-order valence-electron chi connectivity index (χ1n) is 9.32. The lowest BCUT2D eigenvalue weighted by molar-refractivity contribution is -0.121. The zero-order valence-electron chi connectivity index (χ0n) is 15.5. The molecule has 1 fully saturated rings. The van der Waals surface area contributed by atoms with Crippen LogP contribution in [0.5, 0.6) is 0 Å². The third-order valence-electron chi connectivity index (χ3n) is 4.54. The second kappa shape index (κ2) is 9.19. The third-order valence-corrected chi connectivity index (χ3v) is 4.54. The standard InChI is InChI=1S/C21H26N4O2/c1-15-5-2-7-18(11-15)24-21(27)25-19-8-3-6-16(12-19)14-23-20(26)13-17-9-4-10-22-17/h2-3,5-8,11-12,17,22H,4,9-10,13-14H2,1H3,(H,23,26)(H2,24,25,27). The number of rotatable bonds is 6. The summed E-state index contributed by atoms with van der Waals surface area (Å²) in [5.41, 5.74) is 3.45. The molecule has 2 aromatic rings. The molecular formula is C21H26N4O2. The molecule has 1 atom stereocenters. The third kappa shape index (κ3) is 6.11. The van der Waals surface area contributed by atoms with E-state index in [1.54, 1.807) is 0 Å². The Hall–Kier alpha value is -2.86. The zero-order valence-corrected chi connectivity index (χ0v) is 15.5. The highest BCUT2D eigenvalue weighted by atomic mass is 16.2. The molecule has 1 heterocycles. The van der Waals surface area contributed by atoms with E-state index in [2.05, 4.69) is 21.3 Å². The van der Waals surface area contributed by atoms with Crippen molar-refractivity contribution in [2.45, 2.75) is 38.8 Å². The van der Waals surface area contributed by atoms with Gasteiger partial charge in [0.05, 0.1) is 0 Å². The second-order valence-corrected chi connectivity index (χ2v) is 6.92. The molecule has 2 aromatic carbocycles. The molecule has 1 aliphatic rings. The lowest BCUT2D eigenvalue weighted by Gasteiger charge is -2.12. The van der Waals surface area contributed by atoms with Gasteiger partial charge in [-0.1, -0.05) is 24.3 Å². The maximum atomic E-state index is 12.2. The predicted octanol–water partition coefficient (Wildman–Crippen LogP) is 3.40. The molecule has 3 amide bonds. The molecule has 0 spiro atoms. The van der Waals surface area contributed by atoms with Crippen LogP contribution in [-0.2, 0) is 11.3 Å². The number of benzene rings is 2. The van der Waals surface area contributed by atoms with Gasteiger partial charge >= 0.3 is 6.03 Å². The summed E-state index contributed by atoms with van der Waals surface area (Å²) in [6, 6.07) is 15.1. The van der Waals surface area contributed by atoms with Crippen molar-refractivity contribution in [3.05, 3.63) is 59.7 Å². The number of anilines is 2. The maximum Gasteiger partial charge on any atom is 0.323 e. The lowest BCUT2D eigenvalue weighted by atomic mass is 10.1. The number of carbonyl (C=O) groups excluding carboxylic acids is 2. The molecule has 4 N–H and O–H groups in total. The molecule has 6 nitrogen and oxygen atoms in total. The highest BCUT2D eigenvalue weighted by molar-refractivity contribution is 5.99. The molecule has 1 saturated heterocycles. The van der Waals surface area contributed by atoms with Crippen LogP contribution in [0.2, 0.25) is 0 Å². The number of aryl methyl sites for hydroxylation is 1. The van der Waals surface area contributed by atoms with E-state index in [0.717, 1.165) is 36.2 Å². The molecule has 0 radical (unpaired) electrons. The largest absolute Gasteiger partial charge is 0.352 e. The highest BCUT2D eigenvalue weighted by Crippen LogP contribution is 2.14. The van der Waals surface area contributed by atoms with E-state index in [0.29, 0.717) is 24.7 Å². The minimum atomic E-state index is -0.297. The molecule has 142 valence electrons. The fourth-order valence-electron chi connectivity index (χ4n) is 3.20. The molecule has 3 rings (SSSR count). The molecular weight excluding hydrogens is 340 g/mol. The van der Waals surface area contributed by atoms with Gasteiger partial charge in [0.2, 0.25) is 5.91 Å². The van der Waals surface area contributed by atoms with Crippen molar-refractivity contribution >= 4 is 23.3 Å². The van der Waals surface area contributed by atoms with E-state index in [-0.39, 0.29) is 11.9 Å². The van der Waals surface area contributed by atoms with Gasteiger partial charge in [-0.05, 0) is 61.7 Å². The summed E-state index contributed by atoms with van der Waals surface area (Å²) in [4.78, 5) is 24.2. The van der Waals surface area contributed by atoms with Crippen LogP contribution in [-0.4, -0.2) is 24.5 Å². The van der Waals surface area contributed by atoms with E-state index < -0.39 is 0 Å². The summed E-state index contributed by atoms with van der Waals surface area (Å²) < 4.78 is 0. The predicted molar refractivity (Wildman–Crippen MR) is 108 cm³/mol. The number of amides is 3. The van der Waals surface area contributed by atoms with Crippen molar-refractivity contribution in [1.82, 2.24) is 10.6 Å². The van der Waals surface area contributed by atoms with E-state index in [1.165, 1.54) is 0 Å². The number of hydrogen-bond acceptors (Lipinski definition) is 3. The Bertz CT molecular complexity index is 800. The van der Waals surface area contributed by atoms with Gasteiger partial charge in [-0.3, -0.25) is 4.79 Å². The first kappa shape index (κ1) is 18.9. The van der Waals surface area contributed by atoms with Gasteiger partial charge in [0.25, 0.3) is 0 Å². The van der Waals surface area contributed by atoms with Crippen LogP contribution in [0.3, 0.4) is 0 Å². The fraction of sp³-hybridized carbons (Fsp3) is 0.333. The van der Waals surface area contributed by atoms with E-state index >= 15 is 0 Å². The minimum Gasteiger partial charge on any atom is -0.352 e. The number of urea groups is 1. The Morgan fingerprint density at radius 1 is 1.07 bits per heavy atom. The Morgan fingerprint density at radius 2 is 1.81 bits per heavy atom. The van der Waals surface area contributed by atoms with Gasteiger partial charge in [0, 0.05) is 30.4 Å². The Morgan fingerprint density at radius 3 is 2.52 bits per heavy atom. The molecule has 1 unspecified atom stereocenters. The Balaban J connectivity index is 1.49. The highest BCUT2D eigenvalue weighted by Gasteiger charge is 2.17. The van der Waals surface area contributed by atoms with Crippen molar-refractivity contribution < 1.29 is 9.59 Å². The van der Waals surface area contributed by atoms with Gasteiger partial charge in [-0.25, -0.2) is 4.79 Å².